The van der Waals surface area contributed by atoms with Gasteiger partial charge in [0.15, 0.2) is 23.1 Å². The van der Waals surface area contributed by atoms with E-state index in [9.17, 15) is 29.3 Å². The molecule has 34 heavy (non-hydrogen) atoms. The van der Waals surface area contributed by atoms with E-state index in [1.807, 2.05) is 0 Å². The lowest BCUT2D eigenvalue weighted by molar-refractivity contribution is -0.640. The van der Waals surface area contributed by atoms with Crippen LogP contribution in [0.4, 0.5) is 0 Å². The van der Waals surface area contributed by atoms with Gasteiger partial charge in [-0.25, -0.2) is 10.1 Å². The Labute approximate surface area is 194 Å². The van der Waals surface area contributed by atoms with Crippen LogP contribution in [0, 0.1) is 10.1 Å². The quantitative estimate of drug-likeness (QED) is 0.0527. The first-order valence-electron chi connectivity index (χ1n) is 10.4. The minimum absolute atomic E-state index is 0.0653. The maximum Gasteiger partial charge on any atom is 0.304 e. The average Bonchev–Trinajstić information content (AvgIpc) is 2.77. The topological polar surface area (TPSA) is 212 Å². The summed E-state index contributed by atoms with van der Waals surface area (Å²) in [5, 5.41) is 15.7. The lowest BCUT2D eigenvalue weighted by Crippen LogP contribution is -2.71. The average molecular weight is 477 g/mol. The normalized spacial score (nSPS) is 17.4. The number of nitrogens with one attached hydrogen (secondary N) is 2. The zero-order valence-corrected chi connectivity index (χ0v) is 18.5. The van der Waals surface area contributed by atoms with E-state index in [2.05, 4.69) is 15.6 Å². The molecule has 0 bridgehead atoms. The van der Waals surface area contributed by atoms with Gasteiger partial charge in [0.1, 0.15) is 0 Å². The van der Waals surface area contributed by atoms with Gasteiger partial charge in [-0.05, 0) is 29.8 Å². The molecular weight excluding hydrogens is 450 g/mol. The first-order chi connectivity index (χ1) is 16.1. The van der Waals surface area contributed by atoms with E-state index in [1.165, 1.54) is 0 Å². The molecule has 0 aliphatic carbocycles. The summed E-state index contributed by atoms with van der Waals surface area (Å²) in [5.41, 5.74) is 11.3. The minimum Gasteiger partial charge on any atom is -0.439 e. The summed E-state index contributed by atoms with van der Waals surface area (Å²) >= 11 is 0. The molecule has 14 heteroatoms. The number of nitrogens with two attached hydrogens (primary N) is 2. The first-order valence-corrected chi connectivity index (χ1v) is 10.4. The van der Waals surface area contributed by atoms with Crippen molar-refractivity contribution >= 4 is 29.7 Å². The third-order valence-electron chi connectivity index (χ3n) is 4.89. The highest BCUT2D eigenvalue weighted by Crippen LogP contribution is 2.15. The van der Waals surface area contributed by atoms with E-state index < -0.39 is 47.0 Å². The molecule has 3 amide bonds. The molecule has 1 aromatic rings. The molecule has 1 aliphatic rings. The van der Waals surface area contributed by atoms with Gasteiger partial charge in [-0.3, -0.25) is 24.2 Å². The van der Waals surface area contributed by atoms with E-state index >= 15 is 0 Å². The molecule has 184 valence electrons. The molecule has 0 saturated carbocycles. The van der Waals surface area contributed by atoms with Gasteiger partial charge in [0.05, 0.1) is 0 Å². The van der Waals surface area contributed by atoms with E-state index in [1.54, 1.807) is 30.3 Å². The van der Waals surface area contributed by atoms with Crippen LogP contribution in [0.25, 0.3) is 0 Å². The summed E-state index contributed by atoms with van der Waals surface area (Å²) < 4.78 is 4.87. The molecule has 1 aromatic carbocycles. The van der Waals surface area contributed by atoms with Crippen LogP contribution in [0.2, 0.25) is 0 Å². The van der Waals surface area contributed by atoms with Gasteiger partial charge in [-0.1, -0.05) is 30.3 Å². The Morgan fingerprint density at radius 3 is 2.53 bits per heavy atom. The number of aliphatic imine (C=N–C) groups is 1. The van der Waals surface area contributed by atoms with Crippen molar-refractivity contribution in [3.63, 3.8) is 0 Å². The third-order valence-corrected chi connectivity index (χ3v) is 4.89. The Balaban J connectivity index is 2.17. The number of hydrogen-bond donors (Lipinski definition) is 4. The fourth-order valence-corrected chi connectivity index (χ4v) is 3.27. The lowest BCUT2D eigenvalue weighted by Gasteiger charge is -2.36. The maximum atomic E-state index is 13.0. The van der Waals surface area contributed by atoms with Crippen LogP contribution in [-0.4, -0.2) is 64.5 Å². The number of β-lactam (4-membered cyclic amide) rings is 1. The van der Waals surface area contributed by atoms with Gasteiger partial charge in [0.2, 0.25) is 12.1 Å². The van der Waals surface area contributed by atoms with Crippen molar-refractivity contribution < 1.29 is 28.9 Å². The largest absolute Gasteiger partial charge is 0.439 e. The summed E-state index contributed by atoms with van der Waals surface area (Å²) in [5.74, 6) is -3.36. The fourth-order valence-electron chi connectivity index (χ4n) is 3.27. The van der Waals surface area contributed by atoms with E-state index in [0.717, 1.165) is 12.5 Å². The van der Waals surface area contributed by atoms with Crippen LogP contribution in [0.15, 0.2) is 35.3 Å². The summed E-state index contributed by atoms with van der Waals surface area (Å²) in [6.45, 7) is 1.19. The third kappa shape index (κ3) is 7.43. The van der Waals surface area contributed by atoms with Crippen LogP contribution in [0.1, 0.15) is 31.7 Å². The number of aryl methyl sites for hydroxylation is 1. The fraction of sp³-hybridized carbons (Fsp3) is 0.450. The molecule has 1 fully saturated rings. The van der Waals surface area contributed by atoms with Crippen molar-refractivity contribution in [3.8, 4) is 0 Å². The zero-order valence-electron chi connectivity index (χ0n) is 18.5. The second kappa shape index (κ2) is 12.1. The van der Waals surface area contributed by atoms with Gasteiger partial charge in [-0.2, -0.15) is 0 Å². The number of esters is 1. The number of carbonyl (C=O) groups is 4. The molecule has 0 unspecified atom stereocenters. The number of hydrazine groups is 1. The highest BCUT2D eigenvalue weighted by atomic mass is 16.7. The number of carbonyl (C=O) groups excluding carboxylic acids is 4. The summed E-state index contributed by atoms with van der Waals surface area (Å²) in [4.78, 5) is 64.3. The minimum atomic E-state index is -1.56. The van der Waals surface area contributed by atoms with Crippen LogP contribution in [-0.2, 0) is 30.3 Å². The Hall–Kier alpha value is -4.23. The van der Waals surface area contributed by atoms with Crippen molar-refractivity contribution in [2.24, 2.45) is 16.5 Å². The molecule has 1 heterocycles. The standard InChI is InChI=1S/C20H27N7O7/c1-12(28)34-19-16(18(31)25-19)24-17(30)14(8-5-11-23-20(21)22)26(27(32)33)15(29)10-9-13-6-3-2-4-7-13/h2-4,6-7,14,16,19H,5,8-11H2,1H3,(H,24,30)(H,25,31)(H4,21,22,23)/t14-,16+,19-/m0/s1. The number of nitro groups is 1. The van der Waals surface area contributed by atoms with Crippen LogP contribution < -0.4 is 22.1 Å². The Bertz CT molecular complexity index is 950. The van der Waals surface area contributed by atoms with Crippen LogP contribution in [0.5, 0.6) is 0 Å². The highest BCUT2D eigenvalue weighted by Gasteiger charge is 2.46. The van der Waals surface area contributed by atoms with Crippen molar-refractivity contribution in [2.75, 3.05) is 6.54 Å². The number of hydrogen-bond acceptors (Lipinski definition) is 8. The Morgan fingerprint density at radius 1 is 1.29 bits per heavy atom. The Kier molecular flexibility index (Phi) is 9.28. The number of rotatable bonds is 12. The number of nitrogens with zero attached hydrogens (tertiary/aromatic N) is 3. The molecule has 0 aromatic heterocycles. The van der Waals surface area contributed by atoms with E-state index in [4.69, 9.17) is 16.2 Å². The van der Waals surface area contributed by atoms with Gasteiger partial charge in [0.25, 0.3) is 11.8 Å². The van der Waals surface area contributed by atoms with Gasteiger partial charge >= 0.3 is 5.97 Å². The molecule has 0 radical (unpaired) electrons. The van der Waals surface area contributed by atoms with Gasteiger partial charge in [-0.15, -0.1) is 0 Å². The first kappa shape index (κ1) is 26.0. The monoisotopic (exact) mass is 477 g/mol. The number of guanidine groups is 1. The second-order valence-electron chi connectivity index (χ2n) is 7.45. The van der Waals surface area contributed by atoms with Crippen molar-refractivity contribution in [1.82, 2.24) is 15.6 Å². The molecule has 3 atom stereocenters. The molecular formula is C20H27N7O7. The molecule has 1 aliphatic heterocycles. The number of benzene rings is 1. The van der Waals surface area contributed by atoms with Crippen LogP contribution in [0.3, 0.4) is 0 Å². The van der Waals surface area contributed by atoms with Crippen molar-refractivity contribution in [2.45, 2.75) is 50.9 Å². The predicted octanol–water partition coefficient (Wildman–Crippen LogP) is -1.43. The highest BCUT2D eigenvalue weighted by molar-refractivity contribution is 5.95. The molecule has 1 saturated heterocycles. The second-order valence-corrected chi connectivity index (χ2v) is 7.45. The molecule has 6 N–H and O–H groups in total. The summed E-state index contributed by atoms with van der Waals surface area (Å²) in [6.07, 6.45) is -1.13. The van der Waals surface area contributed by atoms with Gasteiger partial charge in [0, 0.05) is 19.9 Å². The van der Waals surface area contributed by atoms with Crippen LogP contribution >= 0.6 is 0 Å². The number of amides is 3. The zero-order chi connectivity index (χ0) is 25.3. The van der Waals surface area contributed by atoms with Gasteiger partial charge < -0.3 is 26.8 Å². The van der Waals surface area contributed by atoms with E-state index in [0.29, 0.717) is 0 Å². The van der Waals surface area contributed by atoms with E-state index in [-0.39, 0.29) is 43.2 Å². The smallest absolute Gasteiger partial charge is 0.304 e. The maximum absolute atomic E-state index is 13.0. The number of ether oxygens (including phenoxy) is 1. The molecule has 2 rings (SSSR count). The Morgan fingerprint density at radius 2 is 1.97 bits per heavy atom. The SMILES string of the molecule is CC(=O)O[C@@H]1NC(=O)[C@H]1NC(=O)[C@H](CCCN=C(N)N)N(C(=O)CCc1ccccc1)[N+](=O)[O-]. The molecule has 14 nitrogen and oxygen atoms in total. The summed E-state index contributed by atoms with van der Waals surface area (Å²) in [6, 6.07) is 6.08. The van der Waals surface area contributed by atoms with Crippen molar-refractivity contribution in [3.05, 3.63) is 46.0 Å². The summed E-state index contributed by atoms with van der Waals surface area (Å²) in [7, 11) is 0. The van der Waals surface area contributed by atoms with Crippen molar-refractivity contribution in [1.29, 1.82) is 0 Å². The predicted molar refractivity (Wildman–Crippen MR) is 118 cm³/mol. The molecule has 0 spiro atoms. The lowest BCUT2D eigenvalue weighted by atomic mass is 10.0.